The second kappa shape index (κ2) is 6.92. The van der Waals surface area contributed by atoms with Gasteiger partial charge in [0.2, 0.25) is 0 Å². The lowest BCUT2D eigenvalue weighted by Gasteiger charge is -2.29. The van der Waals surface area contributed by atoms with Gasteiger partial charge in [0, 0.05) is 23.8 Å². The zero-order valence-corrected chi connectivity index (χ0v) is 14.7. The molecule has 2 N–H and O–H groups in total. The molecule has 1 aliphatic carbocycles. The third-order valence-corrected chi connectivity index (χ3v) is 4.93. The van der Waals surface area contributed by atoms with Gasteiger partial charge >= 0.3 is 6.18 Å². The number of nitrogens with zero attached hydrogens (tertiary/aromatic N) is 4. The number of alkyl halides is 3. The molecular weight excluding hydrogens is 378 g/mol. The molecule has 3 aromatic rings. The molecule has 148 valence electrons. The van der Waals surface area contributed by atoms with Crippen LogP contribution < -0.4 is 10.5 Å². The van der Waals surface area contributed by atoms with E-state index in [1.807, 2.05) is 4.68 Å². The molecule has 4 rings (SSSR count). The summed E-state index contributed by atoms with van der Waals surface area (Å²) in [6, 6.07) is 2.45. The fourth-order valence-electron chi connectivity index (χ4n) is 3.54. The van der Waals surface area contributed by atoms with Crippen LogP contribution in [0.15, 0.2) is 30.7 Å². The summed E-state index contributed by atoms with van der Waals surface area (Å²) in [5.41, 5.74) is 5.25. The summed E-state index contributed by atoms with van der Waals surface area (Å²) in [5.74, 6) is -1.68. The number of aromatic nitrogens is 4. The Labute approximate surface area is 157 Å². The normalized spacial score (nSPS) is 20.4. The maximum Gasteiger partial charge on any atom is 0.419 e. The van der Waals surface area contributed by atoms with Crippen molar-refractivity contribution < 1.29 is 22.3 Å². The third kappa shape index (κ3) is 3.46. The zero-order chi connectivity index (χ0) is 19.9. The van der Waals surface area contributed by atoms with Gasteiger partial charge in [0.25, 0.3) is 5.88 Å². The van der Waals surface area contributed by atoms with Gasteiger partial charge in [-0.1, -0.05) is 0 Å². The van der Waals surface area contributed by atoms with Gasteiger partial charge in [0.05, 0.1) is 23.3 Å². The smallest absolute Gasteiger partial charge is 0.419 e. The number of ether oxygens (including phenoxy) is 1. The monoisotopic (exact) mass is 395 g/mol. The van der Waals surface area contributed by atoms with Gasteiger partial charge in [0.1, 0.15) is 11.9 Å². The van der Waals surface area contributed by atoms with Gasteiger partial charge in [0.15, 0.2) is 5.82 Å². The van der Waals surface area contributed by atoms with Crippen molar-refractivity contribution in [2.45, 2.75) is 44.0 Å². The van der Waals surface area contributed by atoms with Gasteiger partial charge in [-0.15, -0.1) is 0 Å². The third-order valence-electron chi connectivity index (χ3n) is 4.93. The van der Waals surface area contributed by atoms with Crippen molar-refractivity contribution in [1.29, 1.82) is 0 Å². The predicted octanol–water partition coefficient (Wildman–Crippen LogP) is 4.13. The minimum atomic E-state index is -4.79. The molecule has 10 heteroatoms. The number of hydrogen-bond donors (Lipinski definition) is 1. The second-order valence-corrected chi connectivity index (χ2v) is 6.78. The Hall–Kier alpha value is -2.91. The fourth-order valence-corrected chi connectivity index (χ4v) is 3.54. The molecule has 0 radical (unpaired) electrons. The number of fused-ring (bicyclic) bond motifs is 1. The molecule has 1 fully saturated rings. The van der Waals surface area contributed by atoms with E-state index in [2.05, 4.69) is 15.1 Å². The molecule has 1 saturated carbocycles. The molecule has 28 heavy (non-hydrogen) atoms. The molecule has 0 saturated heterocycles. The molecule has 3 aromatic heterocycles. The van der Waals surface area contributed by atoms with Gasteiger partial charge in [-0.25, -0.2) is 14.4 Å². The van der Waals surface area contributed by atoms with Crippen molar-refractivity contribution in [2.24, 2.45) is 0 Å². The highest BCUT2D eigenvalue weighted by Gasteiger charge is 2.36. The van der Waals surface area contributed by atoms with E-state index in [0.29, 0.717) is 37.6 Å². The molecule has 0 amide bonds. The van der Waals surface area contributed by atoms with Crippen LogP contribution in [0.25, 0.3) is 10.9 Å². The summed E-state index contributed by atoms with van der Waals surface area (Å²) in [7, 11) is 0. The van der Waals surface area contributed by atoms with Crippen molar-refractivity contribution in [3.8, 4) is 5.88 Å². The van der Waals surface area contributed by atoms with Crippen LogP contribution in [0.4, 0.5) is 23.4 Å². The minimum absolute atomic E-state index is 0.0958. The molecule has 0 aromatic carbocycles. The Morgan fingerprint density at radius 1 is 1.11 bits per heavy atom. The van der Waals surface area contributed by atoms with Crippen molar-refractivity contribution in [1.82, 2.24) is 19.7 Å². The fraction of sp³-hybridized carbons (Fsp3) is 0.389. The average molecular weight is 395 g/mol. The predicted molar refractivity (Wildman–Crippen MR) is 93.1 cm³/mol. The maximum atomic E-state index is 14.1. The molecular formula is C18H17F4N5O. The number of nitrogens with two attached hydrogens (primary N) is 1. The van der Waals surface area contributed by atoms with E-state index in [1.165, 1.54) is 0 Å². The van der Waals surface area contributed by atoms with E-state index in [4.69, 9.17) is 10.5 Å². The summed E-state index contributed by atoms with van der Waals surface area (Å²) in [6.07, 6.45) is 1.54. The van der Waals surface area contributed by atoms with E-state index in [-0.39, 0.29) is 6.04 Å². The standard InChI is InChI=1S/C18H17F4N5O/c19-16-13(18(20,21)22)5-6-24-17(16)28-12-3-1-11(2-4-12)27-14-7-15(23)25-8-10(14)9-26-27/h5-9,11-12H,1-4H2,(H2,23,25). The van der Waals surface area contributed by atoms with Gasteiger partial charge in [-0.05, 0) is 31.7 Å². The van der Waals surface area contributed by atoms with Crippen molar-refractivity contribution >= 4 is 16.7 Å². The first-order valence-electron chi connectivity index (χ1n) is 8.80. The molecule has 0 atom stereocenters. The number of nitrogen functional groups attached to an aromatic ring is 1. The summed E-state index contributed by atoms with van der Waals surface area (Å²) in [5, 5.41) is 5.28. The highest BCUT2D eigenvalue weighted by molar-refractivity contribution is 5.79. The molecule has 0 aliphatic heterocycles. The molecule has 3 heterocycles. The first kappa shape index (κ1) is 18.5. The number of anilines is 1. The van der Waals surface area contributed by atoms with Crippen LogP contribution in [-0.2, 0) is 6.18 Å². The maximum absolute atomic E-state index is 14.1. The van der Waals surface area contributed by atoms with Gasteiger partial charge < -0.3 is 10.5 Å². The van der Waals surface area contributed by atoms with Crippen molar-refractivity contribution in [3.63, 3.8) is 0 Å². The molecule has 6 nitrogen and oxygen atoms in total. The first-order chi connectivity index (χ1) is 13.3. The average Bonchev–Trinajstić information content (AvgIpc) is 3.06. The van der Waals surface area contributed by atoms with E-state index in [9.17, 15) is 17.6 Å². The topological polar surface area (TPSA) is 78.8 Å². The van der Waals surface area contributed by atoms with Crippen LogP contribution in [0.1, 0.15) is 37.3 Å². The van der Waals surface area contributed by atoms with E-state index < -0.39 is 29.5 Å². The summed E-state index contributed by atoms with van der Waals surface area (Å²) < 4.78 is 59.9. The number of pyridine rings is 2. The SMILES string of the molecule is Nc1cc2c(cn1)cnn2C1CCC(Oc2nccc(C(F)(F)F)c2F)CC1. The summed E-state index contributed by atoms with van der Waals surface area (Å²) in [4.78, 5) is 7.67. The summed E-state index contributed by atoms with van der Waals surface area (Å²) in [6.45, 7) is 0. The first-order valence-corrected chi connectivity index (χ1v) is 8.80. The Bertz CT molecular complexity index is 995. The quantitative estimate of drug-likeness (QED) is 0.675. The lowest BCUT2D eigenvalue weighted by Crippen LogP contribution is -2.27. The van der Waals surface area contributed by atoms with E-state index >= 15 is 0 Å². The van der Waals surface area contributed by atoms with Crippen LogP contribution >= 0.6 is 0 Å². The van der Waals surface area contributed by atoms with Gasteiger partial charge in [-0.2, -0.15) is 18.3 Å². The van der Waals surface area contributed by atoms with Gasteiger partial charge in [-0.3, -0.25) is 4.68 Å². The Balaban J connectivity index is 1.46. The molecule has 0 bridgehead atoms. The molecule has 1 aliphatic rings. The lowest BCUT2D eigenvalue weighted by atomic mass is 9.93. The lowest BCUT2D eigenvalue weighted by molar-refractivity contribution is -0.140. The Kier molecular flexibility index (Phi) is 4.56. The minimum Gasteiger partial charge on any atom is -0.472 e. The van der Waals surface area contributed by atoms with Crippen LogP contribution in [-0.4, -0.2) is 25.9 Å². The van der Waals surface area contributed by atoms with Crippen LogP contribution in [0, 0.1) is 5.82 Å². The largest absolute Gasteiger partial charge is 0.472 e. The van der Waals surface area contributed by atoms with Crippen LogP contribution in [0.2, 0.25) is 0 Å². The van der Waals surface area contributed by atoms with Crippen molar-refractivity contribution in [2.75, 3.05) is 5.73 Å². The van der Waals surface area contributed by atoms with Crippen LogP contribution in [0.5, 0.6) is 5.88 Å². The Morgan fingerprint density at radius 3 is 2.57 bits per heavy atom. The summed E-state index contributed by atoms with van der Waals surface area (Å²) >= 11 is 0. The van der Waals surface area contributed by atoms with E-state index in [0.717, 1.165) is 17.1 Å². The highest BCUT2D eigenvalue weighted by atomic mass is 19.4. The number of halogens is 4. The highest BCUT2D eigenvalue weighted by Crippen LogP contribution is 2.36. The zero-order valence-electron chi connectivity index (χ0n) is 14.7. The number of rotatable bonds is 3. The molecule has 0 unspecified atom stereocenters. The van der Waals surface area contributed by atoms with Crippen LogP contribution in [0.3, 0.4) is 0 Å². The van der Waals surface area contributed by atoms with Crippen molar-refractivity contribution in [3.05, 3.63) is 42.1 Å². The van der Waals surface area contributed by atoms with E-state index in [1.54, 1.807) is 18.5 Å². The number of hydrogen-bond acceptors (Lipinski definition) is 5. The second-order valence-electron chi connectivity index (χ2n) is 6.78. The Morgan fingerprint density at radius 2 is 1.86 bits per heavy atom. The molecule has 0 spiro atoms.